The second-order valence-electron chi connectivity index (χ2n) is 6.67. The first-order valence-electron chi connectivity index (χ1n) is 9.09. The minimum Gasteiger partial charge on any atom is -0.376 e. The SMILES string of the molecule is O=c1c2ccccc2nc(SCc2ccc([N+](=O)[O-])cc2)n1C[C@@H]1CCCO1. The fourth-order valence-electron chi connectivity index (χ4n) is 3.27. The van der Waals surface area contributed by atoms with E-state index in [2.05, 4.69) is 0 Å². The van der Waals surface area contributed by atoms with Crippen LogP contribution in [0.1, 0.15) is 18.4 Å². The van der Waals surface area contributed by atoms with Crippen molar-refractivity contribution < 1.29 is 9.66 Å². The summed E-state index contributed by atoms with van der Waals surface area (Å²) in [5, 5.41) is 12.0. The average Bonchev–Trinajstić information content (AvgIpc) is 3.22. The normalized spacial score (nSPS) is 16.5. The Balaban J connectivity index is 1.64. The number of hydrogen-bond acceptors (Lipinski definition) is 6. The number of hydrogen-bond donors (Lipinski definition) is 0. The van der Waals surface area contributed by atoms with Crippen LogP contribution < -0.4 is 5.56 Å². The van der Waals surface area contributed by atoms with Gasteiger partial charge in [0.05, 0.1) is 28.5 Å². The molecule has 0 spiro atoms. The van der Waals surface area contributed by atoms with E-state index in [1.807, 2.05) is 18.2 Å². The number of benzene rings is 2. The molecule has 1 aliphatic heterocycles. The van der Waals surface area contributed by atoms with Crippen molar-refractivity contribution in [2.45, 2.75) is 36.4 Å². The Labute approximate surface area is 165 Å². The lowest BCUT2D eigenvalue weighted by atomic mass is 10.2. The Bertz CT molecular complexity index is 1060. The van der Waals surface area contributed by atoms with Crippen molar-refractivity contribution in [3.8, 4) is 0 Å². The summed E-state index contributed by atoms with van der Waals surface area (Å²) in [5.74, 6) is 0.564. The maximum Gasteiger partial charge on any atom is 0.269 e. The van der Waals surface area contributed by atoms with Crippen LogP contribution in [0.25, 0.3) is 10.9 Å². The third-order valence-electron chi connectivity index (χ3n) is 4.75. The topological polar surface area (TPSA) is 87.3 Å². The Morgan fingerprint density at radius 3 is 2.71 bits per heavy atom. The third kappa shape index (κ3) is 3.93. The molecule has 1 fully saturated rings. The van der Waals surface area contributed by atoms with E-state index in [9.17, 15) is 14.9 Å². The Hall–Kier alpha value is -2.71. The molecule has 0 saturated carbocycles. The lowest BCUT2D eigenvalue weighted by Crippen LogP contribution is -2.28. The molecule has 0 unspecified atom stereocenters. The van der Waals surface area contributed by atoms with Crippen molar-refractivity contribution >= 4 is 28.4 Å². The van der Waals surface area contributed by atoms with Crippen LogP contribution in [0.2, 0.25) is 0 Å². The molecule has 0 amide bonds. The molecule has 2 aromatic carbocycles. The fourth-order valence-corrected chi connectivity index (χ4v) is 4.24. The zero-order valence-corrected chi connectivity index (χ0v) is 15.9. The number of nitro groups is 1. The molecular weight excluding hydrogens is 378 g/mol. The van der Waals surface area contributed by atoms with E-state index in [0.717, 1.165) is 25.0 Å². The summed E-state index contributed by atoms with van der Waals surface area (Å²) in [5.41, 5.74) is 1.60. The van der Waals surface area contributed by atoms with Gasteiger partial charge in [-0.15, -0.1) is 0 Å². The van der Waals surface area contributed by atoms with E-state index >= 15 is 0 Å². The van der Waals surface area contributed by atoms with E-state index in [-0.39, 0.29) is 17.4 Å². The zero-order valence-electron chi connectivity index (χ0n) is 15.1. The number of fused-ring (bicyclic) bond motifs is 1. The van der Waals surface area contributed by atoms with E-state index in [0.29, 0.717) is 28.4 Å². The summed E-state index contributed by atoms with van der Waals surface area (Å²) < 4.78 is 7.42. The zero-order chi connectivity index (χ0) is 19.5. The predicted octanol–water partition coefficient (Wildman–Crippen LogP) is 3.78. The van der Waals surface area contributed by atoms with Gasteiger partial charge in [-0.3, -0.25) is 19.5 Å². The Kier molecular flexibility index (Phi) is 5.40. The molecule has 0 N–H and O–H groups in total. The molecule has 0 radical (unpaired) electrons. The second-order valence-corrected chi connectivity index (χ2v) is 7.62. The van der Waals surface area contributed by atoms with Gasteiger partial charge in [0, 0.05) is 24.5 Å². The molecule has 2 heterocycles. The molecule has 3 aromatic rings. The lowest BCUT2D eigenvalue weighted by Gasteiger charge is -2.16. The summed E-state index contributed by atoms with van der Waals surface area (Å²) in [6.45, 7) is 1.21. The maximum absolute atomic E-state index is 13.0. The third-order valence-corrected chi connectivity index (χ3v) is 5.80. The summed E-state index contributed by atoms with van der Waals surface area (Å²) in [7, 11) is 0. The van der Waals surface area contributed by atoms with E-state index in [1.54, 1.807) is 22.8 Å². The highest BCUT2D eigenvalue weighted by Gasteiger charge is 2.20. The number of aromatic nitrogens is 2. The molecule has 1 atom stereocenters. The largest absolute Gasteiger partial charge is 0.376 e. The van der Waals surface area contributed by atoms with E-state index in [4.69, 9.17) is 9.72 Å². The van der Waals surface area contributed by atoms with Gasteiger partial charge in [-0.1, -0.05) is 36.0 Å². The maximum atomic E-state index is 13.0. The lowest BCUT2D eigenvalue weighted by molar-refractivity contribution is -0.384. The van der Waals surface area contributed by atoms with Gasteiger partial charge in [-0.05, 0) is 30.5 Å². The van der Waals surface area contributed by atoms with Crippen LogP contribution in [0.15, 0.2) is 58.5 Å². The van der Waals surface area contributed by atoms with Crippen LogP contribution in [0.3, 0.4) is 0 Å². The molecule has 0 aliphatic carbocycles. The smallest absolute Gasteiger partial charge is 0.269 e. The number of nitrogens with zero attached hydrogens (tertiary/aromatic N) is 3. The van der Waals surface area contributed by atoms with Crippen LogP contribution in [0, 0.1) is 10.1 Å². The number of para-hydroxylation sites is 1. The van der Waals surface area contributed by atoms with Crippen molar-refractivity contribution in [3.63, 3.8) is 0 Å². The number of nitro benzene ring substituents is 1. The van der Waals surface area contributed by atoms with E-state index < -0.39 is 4.92 Å². The van der Waals surface area contributed by atoms with Gasteiger partial charge in [-0.2, -0.15) is 0 Å². The number of rotatable bonds is 6. The summed E-state index contributed by atoms with van der Waals surface area (Å²) in [6, 6.07) is 13.8. The van der Waals surface area contributed by atoms with Crippen molar-refractivity contribution in [1.82, 2.24) is 9.55 Å². The Morgan fingerprint density at radius 1 is 1.21 bits per heavy atom. The van der Waals surface area contributed by atoms with Crippen LogP contribution in [-0.4, -0.2) is 27.2 Å². The molecule has 0 bridgehead atoms. The van der Waals surface area contributed by atoms with Gasteiger partial charge in [0.1, 0.15) is 0 Å². The van der Waals surface area contributed by atoms with Crippen molar-refractivity contribution in [1.29, 1.82) is 0 Å². The second kappa shape index (κ2) is 8.12. The minimum atomic E-state index is -0.416. The first-order chi connectivity index (χ1) is 13.6. The summed E-state index contributed by atoms with van der Waals surface area (Å²) in [6.07, 6.45) is 1.97. The summed E-state index contributed by atoms with van der Waals surface area (Å²) >= 11 is 1.45. The van der Waals surface area contributed by atoms with Crippen molar-refractivity contribution in [2.24, 2.45) is 0 Å². The van der Waals surface area contributed by atoms with Gasteiger partial charge < -0.3 is 4.74 Å². The number of ether oxygens (including phenoxy) is 1. The molecule has 7 nitrogen and oxygen atoms in total. The highest BCUT2D eigenvalue weighted by molar-refractivity contribution is 7.98. The quantitative estimate of drug-likeness (QED) is 0.272. The molecule has 1 saturated heterocycles. The Morgan fingerprint density at radius 2 is 2.00 bits per heavy atom. The minimum absolute atomic E-state index is 0.0272. The predicted molar refractivity (Wildman–Crippen MR) is 108 cm³/mol. The van der Waals surface area contributed by atoms with Gasteiger partial charge in [0.25, 0.3) is 11.2 Å². The van der Waals surface area contributed by atoms with Crippen LogP contribution in [-0.2, 0) is 17.0 Å². The van der Waals surface area contributed by atoms with Crippen molar-refractivity contribution in [2.75, 3.05) is 6.61 Å². The van der Waals surface area contributed by atoms with Crippen LogP contribution in [0.5, 0.6) is 0 Å². The summed E-state index contributed by atoms with van der Waals surface area (Å²) in [4.78, 5) is 28.1. The molecule has 28 heavy (non-hydrogen) atoms. The van der Waals surface area contributed by atoms with Gasteiger partial charge in [0.2, 0.25) is 0 Å². The van der Waals surface area contributed by atoms with Gasteiger partial charge >= 0.3 is 0 Å². The standard InChI is InChI=1S/C20H19N3O4S/c24-19-17-5-1-2-6-18(17)21-20(22(19)12-16-4-3-11-27-16)28-13-14-7-9-15(10-8-14)23(25)26/h1-2,5-10,16H,3-4,11-13H2/t16-/m0/s1. The fraction of sp³-hybridized carbons (Fsp3) is 0.300. The molecular formula is C20H19N3O4S. The molecule has 4 rings (SSSR count). The monoisotopic (exact) mass is 397 g/mol. The number of thioether (sulfide) groups is 1. The molecule has 144 valence electrons. The van der Waals surface area contributed by atoms with Crippen molar-refractivity contribution in [3.05, 3.63) is 74.6 Å². The highest BCUT2D eigenvalue weighted by atomic mass is 32.2. The van der Waals surface area contributed by atoms with Gasteiger partial charge in [-0.25, -0.2) is 4.98 Å². The first-order valence-corrected chi connectivity index (χ1v) is 10.1. The molecule has 1 aliphatic rings. The average molecular weight is 397 g/mol. The molecule has 8 heteroatoms. The number of non-ortho nitro benzene ring substituents is 1. The van der Waals surface area contributed by atoms with Crippen LogP contribution in [0.4, 0.5) is 5.69 Å². The van der Waals surface area contributed by atoms with Crippen LogP contribution >= 0.6 is 11.8 Å². The van der Waals surface area contributed by atoms with E-state index in [1.165, 1.54) is 23.9 Å². The highest BCUT2D eigenvalue weighted by Crippen LogP contribution is 2.25. The van der Waals surface area contributed by atoms with Gasteiger partial charge in [0.15, 0.2) is 5.16 Å². The first kappa shape index (κ1) is 18.6. The molecule has 1 aromatic heterocycles.